The number of anilines is 1. The fourth-order valence-corrected chi connectivity index (χ4v) is 3.12. The summed E-state index contributed by atoms with van der Waals surface area (Å²) in [6, 6.07) is 8.66. The maximum atomic E-state index is 12.2. The van der Waals surface area contributed by atoms with Crippen LogP contribution in [-0.4, -0.2) is 37.6 Å². The normalized spacial score (nSPS) is 19.1. The van der Waals surface area contributed by atoms with Crippen molar-refractivity contribution in [2.24, 2.45) is 5.92 Å². The zero-order valence-corrected chi connectivity index (χ0v) is 13.7. The summed E-state index contributed by atoms with van der Waals surface area (Å²) in [5.74, 6) is 0.726. The van der Waals surface area contributed by atoms with Gasteiger partial charge in [-0.25, -0.2) is 4.79 Å². The van der Waals surface area contributed by atoms with E-state index in [9.17, 15) is 4.79 Å². The van der Waals surface area contributed by atoms with Gasteiger partial charge in [0.25, 0.3) is 0 Å². The van der Waals surface area contributed by atoms with Crippen molar-refractivity contribution < 1.29 is 4.79 Å². The molecule has 22 heavy (non-hydrogen) atoms. The zero-order chi connectivity index (χ0) is 15.5. The number of nitrogens with zero attached hydrogens (tertiary/aromatic N) is 2. The van der Waals surface area contributed by atoms with E-state index in [0.717, 1.165) is 25.6 Å². The molecule has 1 aliphatic carbocycles. The van der Waals surface area contributed by atoms with Crippen LogP contribution in [0, 0.1) is 5.92 Å². The second kappa shape index (κ2) is 6.59. The quantitative estimate of drug-likeness (QED) is 0.904. The van der Waals surface area contributed by atoms with Gasteiger partial charge in [0.15, 0.2) is 0 Å². The summed E-state index contributed by atoms with van der Waals surface area (Å²) in [6.07, 6.45) is 5.10. The second-order valence-corrected chi connectivity index (χ2v) is 6.78. The molecule has 1 aromatic rings. The number of benzene rings is 1. The number of urea groups is 1. The Balaban J connectivity index is 1.59. The van der Waals surface area contributed by atoms with Crippen LogP contribution < -0.4 is 10.2 Å². The molecule has 120 valence electrons. The van der Waals surface area contributed by atoms with Crippen molar-refractivity contribution in [1.29, 1.82) is 0 Å². The first-order chi connectivity index (χ1) is 10.6. The summed E-state index contributed by atoms with van der Waals surface area (Å²) in [4.78, 5) is 16.5. The molecule has 3 rings (SSSR count). The summed E-state index contributed by atoms with van der Waals surface area (Å²) < 4.78 is 0. The highest BCUT2D eigenvalue weighted by Gasteiger charge is 2.25. The molecular formula is C18H27N3O. The minimum Gasteiger partial charge on any atom is -0.372 e. The summed E-state index contributed by atoms with van der Waals surface area (Å²) in [5.41, 5.74) is 2.46. The molecule has 0 spiro atoms. The van der Waals surface area contributed by atoms with E-state index < -0.39 is 0 Å². The van der Waals surface area contributed by atoms with E-state index in [2.05, 4.69) is 41.4 Å². The lowest BCUT2D eigenvalue weighted by atomic mass is 10.1. The molecule has 0 radical (unpaired) electrons. The number of hydrogen-bond donors (Lipinski definition) is 1. The van der Waals surface area contributed by atoms with E-state index in [1.807, 2.05) is 11.9 Å². The predicted octanol–water partition coefficient (Wildman–Crippen LogP) is 3.40. The topological polar surface area (TPSA) is 35.6 Å². The highest BCUT2D eigenvalue weighted by atomic mass is 16.2. The maximum absolute atomic E-state index is 12.2. The SMILES string of the molecule is C[C@@H](NC(=O)N(C)CC1CC1)c1cccc(N2CCCC2)c1. The molecule has 1 aromatic carbocycles. The van der Waals surface area contributed by atoms with Gasteiger partial charge >= 0.3 is 6.03 Å². The van der Waals surface area contributed by atoms with Gasteiger partial charge in [-0.05, 0) is 56.2 Å². The molecule has 1 saturated carbocycles. The number of hydrogen-bond acceptors (Lipinski definition) is 2. The Kier molecular flexibility index (Phi) is 4.55. The lowest BCUT2D eigenvalue weighted by Gasteiger charge is -2.23. The van der Waals surface area contributed by atoms with Gasteiger partial charge in [0.1, 0.15) is 0 Å². The smallest absolute Gasteiger partial charge is 0.317 e. The first-order valence-corrected chi connectivity index (χ1v) is 8.50. The molecule has 0 bridgehead atoms. The molecule has 4 heteroatoms. The first kappa shape index (κ1) is 15.2. The molecule has 2 aliphatic rings. The summed E-state index contributed by atoms with van der Waals surface area (Å²) in [7, 11) is 1.89. The number of carbonyl (C=O) groups is 1. The van der Waals surface area contributed by atoms with Crippen molar-refractivity contribution in [2.75, 3.05) is 31.6 Å². The van der Waals surface area contributed by atoms with Gasteiger partial charge in [-0.2, -0.15) is 0 Å². The fraction of sp³-hybridized carbons (Fsp3) is 0.611. The summed E-state index contributed by atoms with van der Waals surface area (Å²) in [5, 5.41) is 3.12. The summed E-state index contributed by atoms with van der Waals surface area (Å²) in [6.45, 7) is 5.24. The number of nitrogens with one attached hydrogen (secondary N) is 1. The van der Waals surface area contributed by atoms with E-state index >= 15 is 0 Å². The molecule has 0 aromatic heterocycles. The van der Waals surface area contributed by atoms with Crippen molar-refractivity contribution in [2.45, 2.75) is 38.6 Å². The fourth-order valence-electron chi connectivity index (χ4n) is 3.12. The highest BCUT2D eigenvalue weighted by Crippen LogP contribution is 2.29. The Bertz CT molecular complexity index is 521. The molecule has 1 saturated heterocycles. The molecular weight excluding hydrogens is 274 g/mol. The van der Waals surface area contributed by atoms with Crippen molar-refractivity contribution in [3.63, 3.8) is 0 Å². The van der Waals surface area contributed by atoms with Gasteiger partial charge in [-0.1, -0.05) is 12.1 Å². The third-order valence-corrected chi connectivity index (χ3v) is 4.76. The van der Waals surface area contributed by atoms with Gasteiger partial charge in [0.2, 0.25) is 0 Å². The molecule has 1 heterocycles. The van der Waals surface area contributed by atoms with Gasteiger partial charge < -0.3 is 15.1 Å². The third-order valence-electron chi connectivity index (χ3n) is 4.76. The van der Waals surface area contributed by atoms with E-state index in [-0.39, 0.29) is 12.1 Å². The Hall–Kier alpha value is -1.71. The molecule has 2 amide bonds. The predicted molar refractivity (Wildman–Crippen MR) is 90.2 cm³/mol. The van der Waals surface area contributed by atoms with E-state index in [1.165, 1.54) is 36.9 Å². The lowest BCUT2D eigenvalue weighted by Crippen LogP contribution is -2.39. The van der Waals surface area contributed by atoms with Gasteiger partial charge in [-0.3, -0.25) is 0 Å². The van der Waals surface area contributed by atoms with E-state index in [1.54, 1.807) is 0 Å². The standard InChI is InChI=1S/C18H27N3O/c1-14(19-18(22)20(2)13-15-8-9-15)16-6-5-7-17(12-16)21-10-3-4-11-21/h5-7,12,14-15H,3-4,8-11,13H2,1-2H3,(H,19,22)/t14-/m1/s1. The van der Waals surface area contributed by atoms with Crippen LogP contribution in [0.4, 0.5) is 10.5 Å². The lowest BCUT2D eigenvalue weighted by molar-refractivity contribution is 0.203. The minimum atomic E-state index is 0.0333. The monoisotopic (exact) mass is 301 g/mol. The van der Waals surface area contributed by atoms with Crippen LogP contribution in [0.3, 0.4) is 0 Å². The molecule has 1 aliphatic heterocycles. The van der Waals surface area contributed by atoms with E-state index in [0.29, 0.717) is 0 Å². The van der Waals surface area contributed by atoms with Gasteiger partial charge in [0.05, 0.1) is 6.04 Å². The Morgan fingerprint density at radius 1 is 1.36 bits per heavy atom. The van der Waals surface area contributed by atoms with Crippen molar-refractivity contribution >= 4 is 11.7 Å². The Labute approximate surface area is 133 Å². The second-order valence-electron chi connectivity index (χ2n) is 6.78. The van der Waals surface area contributed by atoms with Crippen LogP contribution in [0.1, 0.15) is 44.2 Å². The summed E-state index contributed by atoms with van der Waals surface area (Å²) >= 11 is 0. The van der Waals surface area contributed by atoms with Crippen molar-refractivity contribution in [3.05, 3.63) is 29.8 Å². The maximum Gasteiger partial charge on any atom is 0.317 e. The third kappa shape index (κ3) is 3.73. The highest BCUT2D eigenvalue weighted by molar-refractivity contribution is 5.74. The van der Waals surface area contributed by atoms with Gasteiger partial charge in [-0.15, -0.1) is 0 Å². The largest absolute Gasteiger partial charge is 0.372 e. The Morgan fingerprint density at radius 2 is 2.09 bits per heavy atom. The van der Waals surface area contributed by atoms with Crippen LogP contribution >= 0.6 is 0 Å². The average molecular weight is 301 g/mol. The molecule has 2 fully saturated rings. The first-order valence-electron chi connectivity index (χ1n) is 8.50. The van der Waals surface area contributed by atoms with E-state index in [4.69, 9.17) is 0 Å². The van der Waals surface area contributed by atoms with Crippen LogP contribution in [0.25, 0.3) is 0 Å². The number of carbonyl (C=O) groups excluding carboxylic acids is 1. The van der Waals surface area contributed by atoms with Crippen LogP contribution in [0.2, 0.25) is 0 Å². The number of rotatable bonds is 5. The van der Waals surface area contributed by atoms with Crippen LogP contribution in [-0.2, 0) is 0 Å². The molecule has 1 N–H and O–H groups in total. The van der Waals surface area contributed by atoms with Gasteiger partial charge in [0, 0.05) is 32.4 Å². The van der Waals surface area contributed by atoms with Crippen LogP contribution in [0.5, 0.6) is 0 Å². The average Bonchev–Trinajstić information content (AvgIpc) is 3.16. The molecule has 1 atom stereocenters. The number of amides is 2. The Morgan fingerprint density at radius 3 is 2.77 bits per heavy atom. The molecule has 0 unspecified atom stereocenters. The van der Waals surface area contributed by atoms with Crippen molar-refractivity contribution in [3.8, 4) is 0 Å². The molecule has 4 nitrogen and oxygen atoms in total. The zero-order valence-electron chi connectivity index (χ0n) is 13.7. The minimum absolute atomic E-state index is 0.0333. The van der Waals surface area contributed by atoms with Crippen molar-refractivity contribution in [1.82, 2.24) is 10.2 Å². The van der Waals surface area contributed by atoms with Crippen LogP contribution in [0.15, 0.2) is 24.3 Å².